The molecule has 0 aromatic rings. The van der Waals surface area contributed by atoms with Crippen LogP contribution in [-0.4, -0.2) is 64.4 Å². The molecular weight excluding hydrogens is 196 g/mol. The molecule has 5 nitrogen and oxygen atoms in total. The Kier molecular flexibility index (Phi) is 9.46. The lowest BCUT2D eigenvalue weighted by Gasteiger charge is -2.16. The van der Waals surface area contributed by atoms with Crippen molar-refractivity contribution in [2.75, 3.05) is 53.6 Å². The van der Waals surface area contributed by atoms with Crippen LogP contribution < -0.4 is 5.32 Å². The van der Waals surface area contributed by atoms with E-state index in [1.165, 1.54) is 0 Å². The van der Waals surface area contributed by atoms with Crippen LogP contribution in [0.15, 0.2) is 0 Å². The summed E-state index contributed by atoms with van der Waals surface area (Å²) in [5.41, 5.74) is 0. The summed E-state index contributed by atoms with van der Waals surface area (Å²) < 4.78 is 9.92. The third-order valence-corrected chi connectivity index (χ3v) is 1.93. The van der Waals surface area contributed by atoms with Crippen molar-refractivity contribution in [2.45, 2.75) is 6.92 Å². The summed E-state index contributed by atoms with van der Waals surface area (Å²) in [4.78, 5) is 13.2. The molecule has 0 heterocycles. The van der Waals surface area contributed by atoms with Crippen molar-refractivity contribution < 1.29 is 14.3 Å². The second-order valence-corrected chi connectivity index (χ2v) is 3.28. The molecule has 0 fully saturated rings. The Morgan fingerprint density at radius 2 is 2.13 bits per heavy atom. The molecule has 0 bridgehead atoms. The fraction of sp³-hybridized carbons (Fsp3) is 0.900. The van der Waals surface area contributed by atoms with Crippen LogP contribution in [0.4, 0.5) is 0 Å². The van der Waals surface area contributed by atoms with Crippen LogP contribution in [0.3, 0.4) is 0 Å². The van der Waals surface area contributed by atoms with Gasteiger partial charge in [0.1, 0.15) is 6.61 Å². The minimum absolute atomic E-state index is 0.0583. The normalized spacial score (nSPS) is 10.7. The molecule has 0 aliphatic heterocycles. The Hall–Kier alpha value is -0.650. The molecule has 0 aliphatic carbocycles. The number of likely N-dealkylation sites (N-methyl/N-ethyl adjacent to an activating group) is 1. The molecule has 0 saturated heterocycles. The molecule has 0 rings (SSSR count). The lowest BCUT2D eigenvalue weighted by Crippen LogP contribution is -2.36. The predicted molar refractivity (Wildman–Crippen MR) is 58.9 cm³/mol. The Morgan fingerprint density at radius 3 is 2.73 bits per heavy atom. The third-order valence-electron chi connectivity index (χ3n) is 1.93. The van der Waals surface area contributed by atoms with Gasteiger partial charge in [0, 0.05) is 33.4 Å². The standard InChI is InChI=1S/C10H22N2O3/c1-4-15-9-10(13)11-5-6-12(2)7-8-14-3/h4-9H2,1-3H3,(H,11,13). The zero-order chi connectivity index (χ0) is 11.5. The van der Waals surface area contributed by atoms with Crippen molar-refractivity contribution in [3.05, 3.63) is 0 Å². The first-order valence-corrected chi connectivity index (χ1v) is 5.22. The van der Waals surface area contributed by atoms with Crippen molar-refractivity contribution in [2.24, 2.45) is 0 Å². The number of nitrogens with one attached hydrogen (secondary N) is 1. The highest BCUT2D eigenvalue weighted by molar-refractivity contribution is 5.77. The Balaban J connectivity index is 3.31. The van der Waals surface area contributed by atoms with Crippen LogP contribution in [0.1, 0.15) is 6.92 Å². The third kappa shape index (κ3) is 9.65. The van der Waals surface area contributed by atoms with Crippen LogP contribution in [0, 0.1) is 0 Å². The first kappa shape index (κ1) is 14.3. The maximum absolute atomic E-state index is 11.1. The fourth-order valence-electron chi connectivity index (χ4n) is 0.991. The van der Waals surface area contributed by atoms with Gasteiger partial charge in [0.2, 0.25) is 5.91 Å². The first-order valence-electron chi connectivity index (χ1n) is 5.22. The van der Waals surface area contributed by atoms with E-state index in [-0.39, 0.29) is 12.5 Å². The van der Waals surface area contributed by atoms with Gasteiger partial charge in [0.25, 0.3) is 0 Å². The molecule has 90 valence electrons. The number of amides is 1. The number of rotatable bonds is 9. The van der Waals surface area contributed by atoms with Gasteiger partial charge in [-0.05, 0) is 14.0 Å². The van der Waals surface area contributed by atoms with E-state index in [1.807, 2.05) is 14.0 Å². The van der Waals surface area contributed by atoms with Gasteiger partial charge in [0.15, 0.2) is 0 Å². The van der Waals surface area contributed by atoms with Crippen molar-refractivity contribution in [1.29, 1.82) is 0 Å². The number of hydrogen-bond donors (Lipinski definition) is 1. The van der Waals surface area contributed by atoms with Crippen molar-refractivity contribution in [3.63, 3.8) is 0 Å². The Morgan fingerprint density at radius 1 is 1.40 bits per heavy atom. The van der Waals surface area contributed by atoms with Gasteiger partial charge in [-0.1, -0.05) is 0 Å². The van der Waals surface area contributed by atoms with Crippen LogP contribution in [-0.2, 0) is 14.3 Å². The van der Waals surface area contributed by atoms with E-state index >= 15 is 0 Å². The van der Waals surface area contributed by atoms with E-state index in [2.05, 4.69) is 10.2 Å². The molecule has 0 radical (unpaired) electrons. The van der Waals surface area contributed by atoms with E-state index in [0.717, 1.165) is 13.1 Å². The summed E-state index contributed by atoms with van der Waals surface area (Å²) in [6.07, 6.45) is 0. The second kappa shape index (κ2) is 9.89. The molecule has 0 aromatic heterocycles. The molecule has 0 aromatic carbocycles. The van der Waals surface area contributed by atoms with Crippen molar-refractivity contribution in [3.8, 4) is 0 Å². The minimum Gasteiger partial charge on any atom is -0.383 e. The number of ether oxygens (including phenoxy) is 2. The lowest BCUT2D eigenvalue weighted by molar-refractivity contribution is -0.125. The highest BCUT2D eigenvalue weighted by atomic mass is 16.5. The number of methoxy groups -OCH3 is 1. The van der Waals surface area contributed by atoms with E-state index in [1.54, 1.807) is 7.11 Å². The highest BCUT2D eigenvalue weighted by Gasteiger charge is 2.01. The Bertz CT molecular complexity index is 165. The average molecular weight is 218 g/mol. The predicted octanol–water partition coefficient (Wildman–Crippen LogP) is -0.283. The molecule has 0 spiro atoms. The summed E-state index contributed by atoms with van der Waals surface area (Å²) in [6, 6.07) is 0. The Labute approximate surface area is 91.7 Å². The van der Waals surface area contributed by atoms with E-state index in [9.17, 15) is 4.79 Å². The average Bonchev–Trinajstić information content (AvgIpc) is 2.23. The largest absolute Gasteiger partial charge is 0.383 e. The summed E-state index contributed by atoms with van der Waals surface area (Å²) in [6.45, 7) is 5.64. The topological polar surface area (TPSA) is 50.8 Å². The minimum atomic E-state index is -0.0583. The molecule has 15 heavy (non-hydrogen) atoms. The molecule has 0 aliphatic rings. The summed E-state index contributed by atoms with van der Waals surface area (Å²) in [5.74, 6) is -0.0583. The molecule has 5 heteroatoms. The monoisotopic (exact) mass is 218 g/mol. The van der Waals surface area contributed by atoms with Crippen molar-refractivity contribution in [1.82, 2.24) is 10.2 Å². The quantitative estimate of drug-likeness (QED) is 0.578. The number of carbonyl (C=O) groups is 1. The zero-order valence-electron chi connectivity index (χ0n) is 9.91. The van der Waals surface area contributed by atoms with Gasteiger partial charge in [-0.15, -0.1) is 0 Å². The molecule has 0 atom stereocenters. The number of nitrogens with zero attached hydrogens (tertiary/aromatic N) is 1. The maximum Gasteiger partial charge on any atom is 0.246 e. The van der Waals surface area contributed by atoms with E-state index in [0.29, 0.717) is 19.8 Å². The summed E-state index contributed by atoms with van der Waals surface area (Å²) in [7, 11) is 3.67. The van der Waals surface area contributed by atoms with Crippen LogP contribution in [0.5, 0.6) is 0 Å². The van der Waals surface area contributed by atoms with Crippen LogP contribution >= 0.6 is 0 Å². The molecule has 1 N–H and O–H groups in total. The fourth-order valence-corrected chi connectivity index (χ4v) is 0.991. The molecule has 1 amide bonds. The SMILES string of the molecule is CCOCC(=O)NCCN(C)CCOC. The van der Waals surface area contributed by atoms with Gasteiger partial charge < -0.3 is 19.7 Å². The summed E-state index contributed by atoms with van der Waals surface area (Å²) >= 11 is 0. The smallest absolute Gasteiger partial charge is 0.246 e. The molecular formula is C10H22N2O3. The lowest BCUT2D eigenvalue weighted by atomic mass is 10.5. The van der Waals surface area contributed by atoms with Gasteiger partial charge in [-0.3, -0.25) is 4.79 Å². The maximum atomic E-state index is 11.1. The summed E-state index contributed by atoms with van der Waals surface area (Å²) in [5, 5.41) is 2.78. The number of hydrogen-bond acceptors (Lipinski definition) is 4. The first-order chi connectivity index (χ1) is 7.20. The van der Waals surface area contributed by atoms with Crippen LogP contribution in [0.2, 0.25) is 0 Å². The van der Waals surface area contributed by atoms with E-state index < -0.39 is 0 Å². The van der Waals surface area contributed by atoms with Gasteiger partial charge in [-0.25, -0.2) is 0 Å². The van der Waals surface area contributed by atoms with Gasteiger partial charge in [-0.2, -0.15) is 0 Å². The van der Waals surface area contributed by atoms with Gasteiger partial charge >= 0.3 is 0 Å². The van der Waals surface area contributed by atoms with Crippen molar-refractivity contribution >= 4 is 5.91 Å². The van der Waals surface area contributed by atoms with E-state index in [4.69, 9.17) is 9.47 Å². The molecule has 0 saturated carbocycles. The van der Waals surface area contributed by atoms with Gasteiger partial charge in [0.05, 0.1) is 6.61 Å². The van der Waals surface area contributed by atoms with Crippen LogP contribution in [0.25, 0.3) is 0 Å². The zero-order valence-corrected chi connectivity index (χ0v) is 9.91. The molecule has 0 unspecified atom stereocenters. The highest BCUT2D eigenvalue weighted by Crippen LogP contribution is 1.81. The number of carbonyl (C=O) groups excluding carboxylic acids is 1. The second-order valence-electron chi connectivity index (χ2n) is 3.28.